The maximum atomic E-state index is 11.9. The van der Waals surface area contributed by atoms with Gasteiger partial charge in [-0.05, 0) is 30.7 Å². The molecule has 0 aliphatic carbocycles. The molecule has 5 rings (SSSR count). The van der Waals surface area contributed by atoms with E-state index in [1.807, 2.05) is 43.3 Å². The van der Waals surface area contributed by atoms with E-state index in [9.17, 15) is 14.7 Å². The fraction of sp³-hybridized carbons (Fsp3) is 0.400. The number of hydrogen-bond donors (Lipinski definition) is 1. The van der Waals surface area contributed by atoms with Crippen LogP contribution in [0.1, 0.15) is 43.9 Å². The summed E-state index contributed by atoms with van der Waals surface area (Å²) in [6.45, 7) is 8.74. The molecule has 1 atom stereocenters. The second kappa shape index (κ2) is 9.05. The average Bonchev–Trinajstić information content (AvgIpc) is 3.36. The third-order valence-electron chi connectivity index (χ3n) is 6.56. The molecule has 1 aromatic heterocycles. The van der Waals surface area contributed by atoms with Gasteiger partial charge in [0.15, 0.2) is 0 Å². The smallest absolute Gasteiger partial charge is 0.388 e. The van der Waals surface area contributed by atoms with Gasteiger partial charge >= 0.3 is 11.9 Å². The summed E-state index contributed by atoms with van der Waals surface area (Å²) in [5.41, 5.74) is 3.28. The molecule has 2 fully saturated rings. The number of likely N-dealkylation sites (N-methyl/N-ethyl adjacent to an activating group) is 1. The molecule has 1 spiro atoms. The molecule has 180 valence electrons. The van der Waals surface area contributed by atoms with Gasteiger partial charge in [-0.1, -0.05) is 55.1 Å². The predicted octanol–water partition coefficient (Wildman–Crippen LogP) is 3.80. The third kappa shape index (κ3) is 3.97. The van der Waals surface area contributed by atoms with E-state index in [-0.39, 0.29) is 0 Å². The molecule has 0 saturated carbocycles. The van der Waals surface area contributed by atoms with Crippen molar-refractivity contribution in [2.45, 2.75) is 37.7 Å². The molecule has 0 bridgehead atoms. The van der Waals surface area contributed by atoms with E-state index in [0.29, 0.717) is 17.0 Å². The lowest BCUT2D eigenvalue weighted by molar-refractivity contribution is -0.150. The van der Waals surface area contributed by atoms with E-state index in [1.165, 1.54) is 0 Å². The summed E-state index contributed by atoms with van der Waals surface area (Å²) in [7, 11) is -2.62. The standard InChI is InChI=1S/C25H29N3O5S/c1-3-5-21(29)18-8-6-17(7-9-18)20-16-22-19(10-15-34(22)32-24(30)25(31)33-34)23(26-20)28-13-11-27(4-2)12-14-28/h6-10,15-16,21,29H,3-5,11-14H2,1-2H3. The van der Waals surface area contributed by atoms with Crippen molar-refractivity contribution in [3.63, 3.8) is 0 Å². The van der Waals surface area contributed by atoms with E-state index < -0.39 is 28.6 Å². The molecule has 2 saturated heterocycles. The lowest BCUT2D eigenvalue weighted by atomic mass is 10.0. The van der Waals surface area contributed by atoms with Crippen molar-refractivity contribution in [2.24, 2.45) is 0 Å². The topological polar surface area (TPSA) is 92.2 Å². The molecule has 2 aromatic rings. The maximum absolute atomic E-state index is 11.9. The van der Waals surface area contributed by atoms with Crippen molar-refractivity contribution in [3.8, 4) is 11.3 Å². The van der Waals surface area contributed by atoms with Gasteiger partial charge < -0.3 is 23.3 Å². The van der Waals surface area contributed by atoms with E-state index in [1.54, 1.807) is 5.41 Å². The molecule has 0 amide bonds. The number of aliphatic hydroxyl groups is 1. The van der Waals surface area contributed by atoms with Crippen LogP contribution in [0.3, 0.4) is 0 Å². The first-order valence-electron chi connectivity index (χ1n) is 11.7. The molecule has 34 heavy (non-hydrogen) atoms. The largest absolute Gasteiger partial charge is 0.441 e. The average molecular weight is 484 g/mol. The Morgan fingerprint density at radius 2 is 1.74 bits per heavy atom. The van der Waals surface area contributed by atoms with Crippen LogP contribution in [0.15, 0.2) is 40.6 Å². The van der Waals surface area contributed by atoms with Gasteiger partial charge in [0.1, 0.15) is 5.82 Å². The number of carbonyl (C=O) groups excluding carboxylic acids is 2. The molecule has 1 unspecified atom stereocenters. The number of aliphatic hydroxyl groups excluding tert-OH is 1. The minimum absolute atomic E-state index is 0.494. The van der Waals surface area contributed by atoms with Crippen molar-refractivity contribution in [3.05, 3.63) is 46.9 Å². The number of piperazine rings is 1. The van der Waals surface area contributed by atoms with Crippen LogP contribution in [0.2, 0.25) is 0 Å². The molecular formula is C25H29N3O5S. The number of aromatic nitrogens is 1. The highest BCUT2D eigenvalue weighted by molar-refractivity contribution is 8.29. The maximum Gasteiger partial charge on any atom is 0.441 e. The highest BCUT2D eigenvalue weighted by Crippen LogP contribution is 2.68. The Labute approximate surface area is 200 Å². The molecule has 4 heterocycles. The summed E-state index contributed by atoms with van der Waals surface area (Å²) in [5, 5.41) is 12.0. The number of hydrogen-bond acceptors (Lipinski definition) is 8. The van der Waals surface area contributed by atoms with E-state index in [4.69, 9.17) is 13.4 Å². The van der Waals surface area contributed by atoms with Crippen molar-refractivity contribution >= 4 is 34.4 Å². The first-order chi connectivity index (χ1) is 16.4. The molecular weight excluding hydrogens is 454 g/mol. The SMILES string of the molecule is CCCC(O)c1ccc(-c2cc3c(c(N4CCN(CC)CC4)n2)C=CS32OC(=O)C(=O)O2)cc1. The van der Waals surface area contributed by atoms with Crippen LogP contribution in [-0.4, -0.2) is 59.7 Å². The zero-order valence-electron chi connectivity index (χ0n) is 19.4. The Balaban J connectivity index is 1.56. The normalized spacial score (nSPS) is 20.9. The number of carbonyl (C=O) groups is 2. The molecule has 8 nitrogen and oxygen atoms in total. The monoisotopic (exact) mass is 483 g/mol. The predicted molar refractivity (Wildman–Crippen MR) is 131 cm³/mol. The zero-order valence-corrected chi connectivity index (χ0v) is 20.2. The molecule has 1 aromatic carbocycles. The van der Waals surface area contributed by atoms with Crippen molar-refractivity contribution in [1.82, 2.24) is 9.88 Å². The molecule has 9 heteroatoms. The summed E-state index contributed by atoms with van der Waals surface area (Å²) in [5.74, 6) is -1.12. The van der Waals surface area contributed by atoms with Crippen LogP contribution in [0.25, 0.3) is 17.3 Å². The van der Waals surface area contributed by atoms with Crippen molar-refractivity contribution < 1.29 is 23.1 Å². The van der Waals surface area contributed by atoms with Crippen LogP contribution < -0.4 is 4.90 Å². The summed E-state index contributed by atoms with van der Waals surface area (Å²) < 4.78 is 11.0. The quantitative estimate of drug-likeness (QED) is 0.621. The van der Waals surface area contributed by atoms with Gasteiger partial charge in [-0.25, -0.2) is 14.6 Å². The van der Waals surface area contributed by atoms with Crippen molar-refractivity contribution in [1.29, 1.82) is 0 Å². The summed E-state index contributed by atoms with van der Waals surface area (Å²) in [6.07, 6.45) is 2.98. The van der Waals surface area contributed by atoms with Gasteiger partial charge in [-0.3, -0.25) is 0 Å². The fourth-order valence-corrected chi connectivity index (χ4v) is 6.69. The highest BCUT2D eigenvalue weighted by Gasteiger charge is 2.46. The van der Waals surface area contributed by atoms with Gasteiger partial charge in [0.05, 0.1) is 22.1 Å². The number of benzene rings is 1. The van der Waals surface area contributed by atoms with Crippen LogP contribution >= 0.6 is 10.6 Å². The lowest BCUT2D eigenvalue weighted by Crippen LogP contribution is -2.46. The Morgan fingerprint density at radius 3 is 2.35 bits per heavy atom. The Kier molecular flexibility index (Phi) is 6.09. The number of fused-ring (bicyclic) bond motifs is 2. The van der Waals surface area contributed by atoms with Gasteiger partial charge in [-0.15, -0.1) is 0 Å². The van der Waals surface area contributed by atoms with Gasteiger partial charge in [0.25, 0.3) is 0 Å². The number of anilines is 1. The number of rotatable bonds is 6. The fourth-order valence-electron chi connectivity index (χ4n) is 4.58. The lowest BCUT2D eigenvalue weighted by Gasteiger charge is -2.36. The van der Waals surface area contributed by atoms with E-state index >= 15 is 0 Å². The Bertz CT molecular complexity index is 1130. The first kappa shape index (κ1) is 22.9. The third-order valence-corrected chi connectivity index (χ3v) is 8.80. The molecule has 1 N–H and O–H groups in total. The van der Waals surface area contributed by atoms with Crippen LogP contribution in [-0.2, 0) is 18.0 Å². The highest BCUT2D eigenvalue weighted by atomic mass is 32.3. The molecule has 3 aliphatic rings. The summed E-state index contributed by atoms with van der Waals surface area (Å²) >= 11 is 0. The van der Waals surface area contributed by atoms with E-state index in [0.717, 1.165) is 61.7 Å². The Hall–Kier alpha value is -2.88. The van der Waals surface area contributed by atoms with Gasteiger partial charge in [0, 0.05) is 37.3 Å². The number of pyridine rings is 1. The summed E-state index contributed by atoms with van der Waals surface area (Å²) in [6, 6.07) is 9.58. The van der Waals surface area contributed by atoms with Crippen molar-refractivity contribution in [2.75, 3.05) is 37.6 Å². The number of nitrogens with zero attached hydrogens (tertiary/aromatic N) is 3. The summed E-state index contributed by atoms with van der Waals surface area (Å²) in [4.78, 5) is 34.2. The van der Waals surface area contributed by atoms with Gasteiger partial charge in [-0.2, -0.15) is 0 Å². The minimum Gasteiger partial charge on any atom is -0.388 e. The van der Waals surface area contributed by atoms with Gasteiger partial charge in [0.2, 0.25) is 0 Å². The molecule has 3 aliphatic heterocycles. The van der Waals surface area contributed by atoms with Crippen LogP contribution in [0.5, 0.6) is 0 Å². The molecule has 0 radical (unpaired) electrons. The van der Waals surface area contributed by atoms with Crippen LogP contribution in [0, 0.1) is 0 Å². The zero-order chi connectivity index (χ0) is 23.9. The van der Waals surface area contributed by atoms with E-state index in [2.05, 4.69) is 16.7 Å². The van der Waals surface area contributed by atoms with Crippen LogP contribution in [0.4, 0.5) is 5.82 Å². The second-order valence-corrected chi connectivity index (χ2v) is 10.8. The Morgan fingerprint density at radius 1 is 1.06 bits per heavy atom. The first-order valence-corrected chi connectivity index (χ1v) is 13.3. The second-order valence-electron chi connectivity index (χ2n) is 8.68. The minimum atomic E-state index is -2.62.